The lowest BCUT2D eigenvalue weighted by atomic mass is 9.80. The van der Waals surface area contributed by atoms with Crippen LogP contribution in [0.5, 0.6) is 0 Å². The molecule has 1 atom stereocenters. The van der Waals surface area contributed by atoms with Crippen LogP contribution < -0.4 is 0 Å². The molecule has 1 amide bonds. The lowest BCUT2D eigenvalue weighted by Crippen LogP contribution is -2.38. The molecule has 5 heteroatoms. The summed E-state index contributed by atoms with van der Waals surface area (Å²) in [7, 11) is 0. The van der Waals surface area contributed by atoms with Gasteiger partial charge in [-0.25, -0.2) is 0 Å². The van der Waals surface area contributed by atoms with Gasteiger partial charge in [-0.1, -0.05) is 20.8 Å². The van der Waals surface area contributed by atoms with Crippen molar-refractivity contribution < 1.29 is 18.0 Å². The third-order valence-electron chi connectivity index (χ3n) is 2.71. The van der Waals surface area contributed by atoms with Crippen LogP contribution in [0.1, 0.15) is 27.2 Å². The molecule has 0 N–H and O–H groups in total. The summed E-state index contributed by atoms with van der Waals surface area (Å²) in [5.41, 5.74) is -0.253. The van der Waals surface area contributed by atoms with Crippen LogP contribution in [0.2, 0.25) is 0 Å². The molecule has 0 aromatic heterocycles. The summed E-state index contributed by atoms with van der Waals surface area (Å²) in [6.07, 6.45) is -3.76. The fraction of sp³-hybridized carbons (Fsp3) is 0.900. The number of amides is 1. The van der Waals surface area contributed by atoms with Crippen LogP contribution in [-0.2, 0) is 4.79 Å². The van der Waals surface area contributed by atoms with Gasteiger partial charge in [0.2, 0.25) is 5.91 Å². The molecule has 1 unspecified atom stereocenters. The van der Waals surface area contributed by atoms with E-state index < -0.39 is 12.7 Å². The molecule has 15 heavy (non-hydrogen) atoms. The maximum atomic E-state index is 12.1. The predicted molar refractivity (Wildman–Crippen MR) is 50.2 cm³/mol. The van der Waals surface area contributed by atoms with Crippen molar-refractivity contribution in [3.63, 3.8) is 0 Å². The van der Waals surface area contributed by atoms with Gasteiger partial charge >= 0.3 is 6.18 Å². The molecule has 0 aliphatic carbocycles. The molecule has 1 fully saturated rings. The Bertz CT molecular complexity index is 254. The van der Waals surface area contributed by atoms with Crippen LogP contribution >= 0.6 is 0 Å². The molecule has 0 radical (unpaired) electrons. The first-order valence-corrected chi connectivity index (χ1v) is 4.97. The molecular weight excluding hydrogens is 207 g/mol. The first kappa shape index (κ1) is 12.3. The minimum Gasteiger partial charge on any atom is -0.333 e. The van der Waals surface area contributed by atoms with Crippen molar-refractivity contribution in [2.24, 2.45) is 11.3 Å². The molecule has 0 bridgehead atoms. The minimum atomic E-state index is -4.29. The van der Waals surface area contributed by atoms with Gasteiger partial charge in [-0.05, 0) is 11.8 Å². The lowest BCUT2D eigenvalue weighted by Gasteiger charge is -2.26. The van der Waals surface area contributed by atoms with Crippen molar-refractivity contribution in [2.75, 3.05) is 13.1 Å². The number of halogens is 3. The van der Waals surface area contributed by atoms with Crippen LogP contribution in [0.3, 0.4) is 0 Å². The molecule has 0 saturated carbocycles. The average molecular weight is 223 g/mol. The van der Waals surface area contributed by atoms with Gasteiger partial charge in [-0.2, -0.15) is 13.2 Å². The van der Waals surface area contributed by atoms with Crippen molar-refractivity contribution in [3.05, 3.63) is 0 Å². The van der Waals surface area contributed by atoms with Crippen LogP contribution in [0.25, 0.3) is 0 Å². The normalized spacial score (nSPS) is 23.7. The van der Waals surface area contributed by atoms with Gasteiger partial charge < -0.3 is 4.90 Å². The quantitative estimate of drug-likeness (QED) is 0.668. The second-order valence-corrected chi connectivity index (χ2v) is 5.08. The van der Waals surface area contributed by atoms with Crippen molar-refractivity contribution in [2.45, 2.75) is 33.4 Å². The maximum absolute atomic E-state index is 12.1. The van der Waals surface area contributed by atoms with Crippen molar-refractivity contribution in [1.82, 2.24) is 4.90 Å². The zero-order valence-electron chi connectivity index (χ0n) is 9.19. The fourth-order valence-corrected chi connectivity index (χ4v) is 1.92. The number of nitrogens with zero attached hydrogens (tertiary/aromatic N) is 1. The first-order valence-electron chi connectivity index (χ1n) is 4.97. The monoisotopic (exact) mass is 223 g/mol. The highest BCUT2D eigenvalue weighted by Crippen LogP contribution is 2.35. The van der Waals surface area contributed by atoms with Gasteiger partial charge in [0.1, 0.15) is 6.54 Å². The van der Waals surface area contributed by atoms with Gasteiger partial charge in [-0.3, -0.25) is 4.79 Å². The summed E-state index contributed by atoms with van der Waals surface area (Å²) >= 11 is 0. The Balaban J connectivity index is 2.65. The van der Waals surface area contributed by atoms with E-state index in [0.29, 0.717) is 6.42 Å². The minimum absolute atomic E-state index is 0.223. The smallest absolute Gasteiger partial charge is 0.333 e. The highest BCUT2D eigenvalue weighted by Gasteiger charge is 2.43. The summed E-state index contributed by atoms with van der Waals surface area (Å²) in [6, 6.07) is 0. The van der Waals surface area contributed by atoms with E-state index in [4.69, 9.17) is 0 Å². The molecule has 1 saturated heterocycles. The number of carbonyl (C=O) groups is 1. The topological polar surface area (TPSA) is 20.3 Å². The summed E-state index contributed by atoms with van der Waals surface area (Å²) in [6.45, 7) is 4.75. The molecule has 1 rings (SSSR count). The van der Waals surface area contributed by atoms with Crippen molar-refractivity contribution in [1.29, 1.82) is 0 Å². The Morgan fingerprint density at radius 1 is 1.33 bits per heavy atom. The Labute approximate surface area is 87.4 Å². The molecule has 2 nitrogen and oxygen atoms in total. The first-order chi connectivity index (χ1) is 6.61. The Kier molecular flexibility index (Phi) is 3.03. The summed E-state index contributed by atoms with van der Waals surface area (Å²) in [5.74, 6) is -0.639. The van der Waals surface area contributed by atoms with Gasteiger partial charge in [0.15, 0.2) is 0 Å². The van der Waals surface area contributed by atoms with E-state index in [-0.39, 0.29) is 23.8 Å². The standard InChI is InChI=1S/C10H16F3NO/c1-9(2,3)7-4-5-14(8(7)15)6-10(11,12)13/h7H,4-6H2,1-3H3. The number of rotatable bonds is 1. The van der Waals surface area contributed by atoms with Gasteiger partial charge in [0, 0.05) is 12.5 Å². The SMILES string of the molecule is CC(C)(C)C1CCN(CC(F)(F)F)C1=O. The molecule has 1 aliphatic rings. The maximum Gasteiger partial charge on any atom is 0.406 e. The van der Waals surface area contributed by atoms with Crippen LogP contribution in [0, 0.1) is 11.3 Å². The van der Waals surface area contributed by atoms with E-state index >= 15 is 0 Å². The van der Waals surface area contributed by atoms with Gasteiger partial charge in [0.05, 0.1) is 0 Å². The lowest BCUT2D eigenvalue weighted by molar-refractivity contribution is -0.159. The molecule has 0 spiro atoms. The number of likely N-dealkylation sites (tertiary alicyclic amines) is 1. The van der Waals surface area contributed by atoms with Crippen LogP contribution in [0.4, 0.5) is 13.2 Å². The summed E-state index contributed by atoms with van der Waals surface area (Å²) in [4.78, 5) is 12.6. The van der Waals surface area contributed by atoms with Gasteiger partial charge in [0.25, 0.3) is 0 Å². The second kappa shape index (κ2) is 3.68. The number of hydrogen-bond donors (Lipinski definition) is 0. The van der Waals surface area contributed by atoms with Gasteiger partial charge in [-0.15, -0.1) is 0 Å². The molecule has 1 heterocycles. The number of carbonyl (C=O) groups excluding carboxylic acids is 1. The predicted octanol–water partition coefficient (Wildman–Crippen LogP) is 2.44. The van der Waals surface area contributed by atoms with Crippen LogP contribution in [0.15, 0.2) is 0 Å². The van der Waals surface area contributed by atoms with E-state index in [1.807, 2.05) is 20.8 Å². The fourth-order valence-electron chi connectivity index (χ4n) is 1.92. The van der Waals surface area contributed by atoms with E-state index in [1.54, 1.807) is 0 Å². The third kappa shape index (κ3) is 3.11. The summed E-state index contributed by atoms with van der Waals surface area (Å²) in [5, 5.41) is 0. The Morgan fingerprint density at radius 3 is 2.20 bits per heavy atom. The molecule has 88 valence electrons. The highest BCUT2D eigenvalue weighted by molar-refractivity contribution is 5.81. The van der Waals surface area contributed by atoms with Crippen molar-refractivity contribution >= 4 is 5.91 Å². The molecular formula is C10H16F3NO. The van der Waals surface area contributed by atoms with Crippen LogP contribution in [-0.4, -0.2) is 30.1 Å². The van der Waals surface area contributed by atoms with E-state index in [1.165, 1.54) is 0 Å². The second-order valence-electron chi connectivity index (χ2n) is 5.08. The van der Waals surface area contributed by atoms with Crippen molar-refractivity contribution in [3.8, 4) is 0 Å². The number of hydrogen-bond acceptors (Lipinski definition) is 1. The highest BCUT2D eigenvalue weighted by atomic mass is 19.4. The molecule has 1 aliphatic heterocycles. The zero-order valence-corrected chi connectivity index (χ0v) is 9.19. The average Bonchev–Trinajstić information content (AvgIpc) is 2.27. The third-order valence-corrected chi connectivity index (χ3v) is 2.71. The largest absolute Gasteiger partial charge is 0.406 e. The van der Waals surface area contributed by atoms with E-state index in [9.17, 15) is 18.0 Å². The Morgan fingerprint density at radius 2 is 1.87 bits per heavy atom. The molecule has 0 aromatic rings. The van der Waals surface area contributed by atoms with E-state index in [0.717, 1.165) is 4.90 Å². The zero-order chi connectivity index (χ0) is 11.9. The summed E-state index contributed by atoms with van der Waals surface area (Å²) < 4.78 is 36.3. The number of alkyl halides is 3. The molecule has 0 aromatic carbocycles. The van der Waals surface area contributed by atoms with E-state index in [2.05, 4.69) is 0 Å². The Hall–Kier alpha value is -0.740.